The molecule has 2 rings (SSSR count). The number of rotatable bonds is 3. The Bertz CT molecular complexity index is 501. The summed E-state index contributed by atoms with van der Waals surface area (Å²) in [4.78, 5) is 3.99. The highest BCUT2D eigenvalue weighted by Gasteiger charge is 2.05. The zero-order chi connectivity index (χ0) is 11.5. The Morgan fingerprint density at radius 3 is 2.94 bits per heavy atom. The molecule has 16 heavy (non-hydrogen) atoms. The minimum atomic E-state index is -0.395. The molecule has 84 valence electrons. The van der Waals surface area contributed by atoms with Gasteiger partial charge in [0.2, 0.25) is 0 Å². The van der Waals surface area contributed by atoms with Crippen molar-refractivity contribution in [3.63, 3.8) is 0 Å². The van der Waals surface area contributed by atoms with Crippen molar-refractivity contribution in [1.29, 1.82) is 0 Å². The van der Waals surface area contributed by atoms with Crippen LogP contribution in [0.15, 0.2) is 24.5 Å². The van der Waals surface area contributed by atoms with Crippen molar-refractivity contribution in [2.24, 2.45) is 7.05 Å². The quantitative estimate of drug-likeness (QED) is 0.827. The number of benzene rings is 1. The molecule has 0 amide bonds. The fourth-order valence-electron chi connectivity index (χ4n) is 1.18. The molecule has 0 aliphatic heterocycles. The Kier molecular flexibility index (Phi) is 3.05. The van der Waals surface area contributed by atoms with Crippen LogP contribution in [0.4, 0.5) is 4.39 Å². The molecule has 0 saturated carbocycles. The van der Waals surface area contributed by atoms with Crippen molar-refractivity contribution in [2.75, 3.05) is 0 Å². The van der Waals surface area contributed by atoms with Crippen LogP contribution in [0.2, 0.25) is 5.02 Å². The van der Waals surface area contributed by atoms with E-state index in [1.165, 1.54) is 18.2 Å². The van der Waals surface area contributed by atoms with Crippen molar-refractivity contribution in [3.8, 4) is 5.75 Å². The smallest absolute Gasteiger partial charge is 0.188 e. The van der Waals surface area contributed by atoms with Gasteiger partial charge in [-0.25, -0.2) is 9.37 Å². The van der Waals surface area contributed by atoms with E-state index in [4.69, 9.17) is 16.3 Å². The van der Waals surface area contributed by atoms with Crippen molar-refractivity contribution in [3.05, 3.63) is 41.2 Å². The first kappa shape index (κ1) is 10.9. The van der Waals surface area contributed by atoms with E-state index in [0.29, 0.717) is 11.6 Å². The number of hydrogen-bond acceptors (Lipinski definition) is 3. The van der Waals surface area contributed by atoms with Gasteiger partial charge in [-0.2, -0.15) is 5.10 Å². The van der Waals surface area contributed by atoms with Gasteiger partial charge in [0.1, 0.15) is 24.5 Å². The minimum absolute atomic E-state index is 0.201. The van der Waals surface area contributed by atoms with E-state index in [-0.39, 0.29) is 11.6 Å². The third-order valence-corrected chi connectivity index (χ3v) is 2.19. The number of nitrogens with zero attached hydrogens (tertiary/aromatic N) is 3. The van der Waals surface area contributed by atoms with Crippen LogP contribution in [0.1, 0.15) is 5.82 Å². The maximum Gasteiger partial charge on any atom is 0.188 e. The van der Waals surface area contributed by atoms with Crippen LogP contribution in [-0.2, 0) is 13.7 Å². The van der Waals surface area contributed by atoms with Gasteiger partial charge in [0, 0.05) is 7.05 Å². The number of ether oxygens (including phenoxy) is 1. The Morgan fingerprint density at radius 2 is 2.31 bits per heavy atom. The molecule has 1 heterocycles. The second-order valence-electron chi connectivity index (χ2n) is 3.20. The van der Waals surface area contributed by atoms with Gasteiger partial charge in [-0.05, 0) is 18.2 Å². The van der Waals surface area contributed by atoms with Gasteiger partial charge >= 0.3 is 0 Å². The molecule has 1 aromatic heterocycles. The fourth-order valence-corrected chi connectivity index (χ4v) is 1.41. The van der Waals surface area contributed by atoms with Gasteiger partial charge in [-0.1, -0.05) is 11.6 Å². The van der Waals surface area contributed by atoms with Gasteiger partial charge < -0.3 is 4.74 Å². The summed E-state index contributed by atoms with van der Waals surface area (Å²) < 4.78 is 19.7. The van der Waals surface area contributed by atoms with E-state index in [0.717, 1.165) is 0 Å². The molecule has 0 atom stereocenters. The highest BCUT2D eigenvalue weighted by Crippen LogP contribution is 2.25. The summed E-state index contributed by atoms with van der Waals surface area (Å²) in [5.74, 6) is 0.562. The number of halogens is 2. The van der Waals surface area contributed by atoms with Crippen LogP contribution in [0.3, 0.4) is 0 Å². The Balaban J connectivity index is 2.04. The second kappa shape index (κ2) is 4.49. The Morgan fingerprint density at radius 1 is 1.50 bits per heavy atom. The van der Waals surface area contributed by atoms with E-state index < -0.39 is 5.82 Å². The highest BCUT2D eigenvalue weighted by atomic mass is 35.5. The maximum atomic E-state index is 12.7. The van der Waals surface area contributed by atoms with Crippen LogP contribution in [-0.4, -0.2) is 14.8 Å². The molecule has 0 unspecified atom stereocenters. The summed E-state index contributed by atoms with van der Waals surface area (Å²) in [6.07, 6.45) is 1.57. The largest absolute Gasteiger partial charge is 0.484 e. The van der Waals surface area contributed by atoms with E-state index >= 15 is 0 Å². The van der Waals surface area contributed by atoms with E-state index in [2.05, 4.69) is 10.1 Å². The lowest BCUT2D eigenvalue weighted by molar-refractivity contribution is 0.295. The third-order valence-electron chi connectivity index (χ3n) is 1.90. The molecule has 0 aliphatic carbocycles. The first-order valence-corrected chi connectivity index (χ1v) is 4.95. The lowest BCUT2D eigenvalue weighted by atomic mass is 10.3. The average Bonchev–Trinajstić information content (AvgIpc) is 2.63. The van der Waals surface area contributed by atoms with Crippen molar-refractivity contribution < 1.29 is 9.13 Å². The van der Waals surface area contributed by atoms with Crippen LogP contribution < -0.4 is 4.74 Å². The SMILES string of the molecule is Cn1cnc(COc2ccc(F)cc2Cl)n1. The lowest BCUT2D eigenvalue weighted by Gasteiger charge is -2.05. The van der Waals surface area contributed by atoms with Gasteiger partial charge in [0.15, 0.2) is 5.82 Å². The molecule has 2 aromatic rings. The zero-order valence-electron chi connectivity index (χ0n) is 8.52. The summed E-state index contributed by atoms with van der Waals surface area (Å²) in [5.41, 5.74) is 0. The molecule has 0 N–H and O–H groups in total. The molecule has 0 aliphatic rings. The van der Waals surface area contributed by atoms with Crippen LogP contribution in [0, 0.1) is 5.82 Å². The van der Waals surface area contributed by atoms with Crippen molar-refractivity contribution in [1.82, 2.24) is 14.8 Å². The average molecular weight is 242 g/mol. The van der Waals surface area contributed by atoms with Gasteiger partial charge in [0.05, 0.1) is 5.02 Å². The van der Waals surface area contributed by atoms with Crippen LogP contribution in [0.25, 0.3) is 0 Å². The van der Waals surface area contributed by atoms with E-state index in [1.807, 2.05) is 0 Å². The van der Waals surface area contributed by atoms with E-state index in [1.54, 1.807) is 18.1 Å². The van der Waals surface area contributed by atoms with Crippen molar-refractivity contribution >= 4 is 11.6 Å². The predicted molar refractivity (Wildman–Crippen MR) is 56.7 cm³/mol. The molecule has 1 aromatic carbocycles. The maximum absolute atomic E-state index is 12.7. The fraction of sp³-hybridized carbons (Fsp3) is 0.200. The number of hydrogen-bond donors (Lipinski definition) is 0. The van der Waals surface area contributed by atoms with Gasteiger partial charge in [0.25, 0.3) is 0 Å². The summed E-state index contributed by atoms with van der Waals surface area (Å²) in [6, 6.07) is 3.95. The Labute approximate surface area is 96.6 Å². The van der Waals surface area contributed by atoms with Crippen LogP contribution >= 0.6 is 11.6 Å². The summed E-state index contributed by atoms with van der Waals surface area (Å²) in [5, 5.41) is 4.27. The monoisotopic (exact) mass is 241 g/mol. The minimum Gasteiger partial charge on any atom is -0.484 e. The Hall–Kier alpha value is -1.62. The summed E-state index contributed by atoms with van der Waals surface area (Å²) in [6.45, 7) is 0.201. The topological polar surface area (TPSA) is 39.9 Å². The summed E-state index contributed by atoms with van der Waals surface area (Å²) >= 11 is 5.79. The van der Waals surface area contributed by atoms with Crippen LogP contribution in [0.5, 0.6) is 5.75 Å². The molecule has 0 saturated heterocycles. The predicted octanol–water partition coefficient (Wildman–Crippen LogP) is 2.19. The second-order valence-corrected chi connectivity index (χ2v) is 3.61. The normalized spacial score (nSPS) is 10.4. The highest BCUT2D eigenvalue weighted by molar-refractivity contribution is 6.32. The van der Waals surface area contributed by atoms with E-state index in [9.17, 15) is 4.39 Å². The molecular formula is C10H9ClFN3O. The first-order valence-electron chi connectivity index (χ1n) is 4.57. The zero-order valence-corrected chi connectivity index (χ0v) is 9.28. The molecule has 0 fully saturated rings. The molecule has 0 spiro atoms. The summed E-state index contributed by atoms with van der Waals surface area (Å²) in [7, 11) is 1.77. The molecule has 0 bridgehead atoms. The molecule has 6 heteroatoms. The number of aryl methyl sites for hydroxylation is 1. The number of aromatic nitrogens is 3. The first-order chi connectivity index (χ1) is 7.65. The van der Waals surface area contributed by atoms with Crippen molar-refractivity contribution in [2.45, 2.75) is 6.61 Å². The van der Waals surface area contributed by atoms with Gasteiger partial charge in [-0.15, -0.1) is 0 Å². The molecule has 4 nitrogen and oxygen atoms in total. The molecule has 0 radical (unpaired) electrons. The third kappa shape index (κ3) is 2.49. The van der Waals surface area contributed by atoms with Gasteiger partial charge in [-0.3, -0.25) is 4.68 Å². The lowest BCUT2D eigenvalue weighted by Crippen LogP contribution is -1.99. The molecular weight excluding hydrogens is 233 g/mol. The standard InChI is InChI=1S/C10H9ClFN3O/c1-15-6-13-10(14-15)5-16-9-3-2-7(12)4-8(9)11/h2-4,6H,5H2,1H3.